The lowest BCUT2D eigenvalue weighted by Gasteiger charge is -2.16. The molecule has 0 saturated heterocycles. The summed E-state index contributed by atoms with van der Waals surface area (Å²) in [7, 11) is 0. The lowest BCUT2D eigenvalue weighted by Crippen LogP contribution is -2.30. The lowest BCUT2D eigenvalue weighted by molar-refractivity contribution is 0.0940. The molecule has 1 saturated carbocycles. The number of benzene rings is 1. The first kappa shape index (κ1) is 13.9. The van der Waals surface area contributed by atoms with Crippen molar-refractivity contribution in [2.45, 2.75) is 26.2 Å². The number of nitrogens with two attached hydrogens (primary N) is 1. The summed E-state index contributed by atoms with van der Waals surface area (Å²) in [6, 6.07) is 9.27. The summed E-state index contributed by atoms with van der Waals surface area (Å²) in [4.78, 5) is 16.7. The summed E-state index contributed by atoms with van der Waals surface area (Å²) in [6.45, 7) is 2.99. The van der Waals surface area contributed by atoms with Crippen LogP contribution in [0.25, 0.3) is 10.9 Å². The van der Waals surface area contributed by atoms with E-state index in [0.29, 0.717) is 23.2 Å². The van der Waals surface area contributed by atoms with Crippen LogP contribution in [0.4, 0.5) is 5.69 Å². The molecule has 1 aromatic heterocycles. The minimum atomic E-state index is -0.133. The summed E-state index contributed by atoms with van der Waals surface area (Å²) < 4.78 is 0. The van der Waals surface area contributed by atoms with Gasteiger partial charge in [-0.3, -0.25) is 4.79 Å². The second kappa shape index (κ2) is 5.72. The van der Waals surface area contributed by atoms with E-state index in [1.54, 1.807) is 6.07 Å². The van der Waals surface area contributed by atoms with Gasteiger partial charge < -0.3 is 11.1 Å². The van der Waals surface area contributed by atoms with E-state index in [1.165, 1.54) is 19.3 Å². The largest absolute Gasteiger partial charge is 0.398 e. The molecule has 21 heavy (non-hydrogen) atoms. The van der Waals surface area contributed by atoms with Gasteiger partial charge in [-0.2, -0.15) is 0 Å². The Morgan fingerprint density at radius 2 is 2.19 bits per heavy atom. The van der Waals surface area contributed by atoms with E-state index in [0.717, 1.165) is 17.4 Å². The van der Waals surface area contributed by atoms with E-state index in [9.17, 15) is 4.79 Å². The van der Waals surface area contributed by atoms with Crippen LogP contribution in [0, 0.1) is 11.8 Å². The number of carbonyl (C=O) groups excluding carboxylic acids is 1. The van der Waals surface area contributed by atoms with Crippen LogP contribution in [0.2, 0.25) is 0 Å². The number of hydrogen-bond donors (Lipinski definition) is 2. The molecule has 0 bridgehead atoms. The fourth-order valence-electron chi connectivity index (χ4n) is 3.16. The molecular weight excluding hydrogens is 262 g/mol. The maximum atomic E-state index is 12.3. The molecule has 3 rings (SSSR count). The Bertz CT molecular complexity index is 668. The predicted octanol–water partition coefficient (Wildman–Crippen LogP) is 2.98. The molecule has 1 aliphatic rings. The van der Waals surface area contributed by atoms with E-state index in [2.05, 4.69) is 17.2 Å². The van der Waals surface area contributed by atoms with Crippen LogP contribution < -0.4 is 11.1 Å². The molecular formula is C17H21N3O. The molecule has 1 aliphatic carbocycles. The molecule has 1 heterocycles. The Morgan fingerprint density at radius 1 is 1.38 bits per heavy atom. The van der Waals surface area contributed by atoms with Gasteiger partial charge in [0.1, 0.15) is 5.69 Å². The van der Waals surface area contributed by atoms with Crippen molar-refractivity contribution >= 4 is 22.5 Å². The van der Waals surface area contributed by atoms with Crippen molar-refractivity contribution in [1.29, 1.82) is 0 Å². The van der Waals surface area contributed by atoms with Crippen molar-refractivity contribution in [2.75, 3.05) is 12.3 Å². The third kappa shape index (κ3) is 2.84. The normalized spacial score (nSPS) is 21.6. The maximum absolute atomic E-state index is 12.3. The quantitative estimate of drug-likeness (QED) is 0.910. The fourth-order valence-corrected chi connectivity index (χ4v) is 3.16. The summed E-state index contributed by atoms with van der Waals surface area (Å²) >= 11 is 0. The summed E-state index contributed by atoms with van der Waals surface area (Å²) in [6.07, 6.45) is 3.74. The van der Waals surface area contributed by atoms with Crippen molar-refractivity contribution in [2.24, 2.45) is 11.8 Å². The average Bonchev–Trinajstić information content (AvgIpc) is 2.90. The van der Waals surface area contributed by atoms with Crippen LogP contribution in [0.15, 0.2) is 30.3 Å². The fraction of sp³-hybridized carbons (Fsp3) is 0.412. The van der Waals surface area contributed by atoms with Crippen LogP contribution in [-0.4, -0.2) is 17.4 Å². The molecule has 3 N–H and O–H groups in total. The van der Waals surface area contributed by atoms with E-state index in [4.69, 9.17) is 5.73 Å². The minimum Gasteiger partial charge on any atom is -0.398 e. The standard InChI is InChI=1S/C17H21N3O/c1-11-5-4-6-12(11)10-19-17(21)16-9-14(18)13-7-2-3-8-15(13)20-16/h2-3,7-9,11-12H,4-6,10H2,1H3,(H2,18,20)(H,19,21). The van der Waals surface area contributed by atoms with Gasteiger partial charge in [0.05, 0.1) is 5.52 Å². The highest BCUT2D eigenvalue weighted by atomic mass is 16.1. The highest BCUT2D eigenvalue weighted by Gasteiger charge is 2.24. The number of pyridine rings is 1. The summed E-state index contributed by atoms with van der Waals surface area (Å²) in [5.41, 5.74) is 7.77. The Kier molecular flexibility index (Phi) is 3.78. The molecule has 1 fully saturated rings. The SMILES string of the molecule is CC1CCCC1CNC(=O)c1cc(N)c2ccccc2n1. The predicted molar refractivity (Wildman–Crippen MR) is 85.0 cm³/mol. The van der Waals surface area contributed by atoms with Crippen LogP contribution in [0.1, 0.15) is 36.7 Å². The number of nitrogen functional groups attached to an aromatic ring is 1. The van der Waals surface area contributed by atoms with Crippen molar-refractivity contribution in [3.63, 3.8) is 0 Å². The highest BCUT2D eigenvalue weighted by molar-refractivity contribution is 5.99. The number of rotatable bonds is 3. The van der Waals surface area contributed by atoms with Gasteiger partial charge >= 0.3 is 0 Å². The van der Waals surface area contributed by atoms with Crippen LogP contribution >= 0.6 is 0 Å². The number of nitrogens with one attached hydrogen (secondary N) is 1. The lowest BCUT2D eigenvalue weighted by atomic mass is 9.98. The second-order valence-electron chi connectivity index (χ2n) is 5.99. The second-order valence-corrected chi connectivity index (χ2v) is 5.99. The van der Waals surface area contributed by atoms with Crippen molar-refractivity contribution < 1.29 is 4.79 Å². The van der Waals surface area contributed by atoms with Gasteiger partial charge in [-0.15, -0.1) is 0 Å². The van der Waals surface area contributed by atoms with Crippen LogP contribution in [-0.2, 0) is 0 Å². The van der Waals surface area contributed by atoms with Gasteiger partial charge in [0.15, 0.2) is 0 Å². The van der Waals surface area contributed by atoms with Crippen molar-refractivity contribution in [3.8, 4) is 0 Å². The Balaban J connectivity index is 1.75. The average molecular weight is 283 g/mol. The number of amides is 1. The number of para-hydroxylation sites is 1. The molecule has 0 spiro atoms. The maximum Gasteiger partial charge on any atom is 0.269 e. The number of anilines is 1. The van der Waals surface area contributed by atoms with Crippen LogP contribution in [0.5, 0.6) is 0 Å². The zero-order chi connectivity index (χ0) is 14.8. The zero-order valence-electron chi connectivity index (χ0n) is 12.3. The number of hydrogen-bond acceptors (Lipinski definition) is 3. The first-order valence-corrected chi connectivity index (χ1v) is 7.58. The third-order valence-corrected chi connectivity index (χ3v) is 4.54. The molecule has 110 valence electrons. The number of nitrogens with zero attached hydrogens (tertiary/aromatic N) is 1. The van der Waals surface area contributed by atoms with Gasteiger partial charge in [-0.1, -0.05) is 38.0 Å². The first-order chi connectivity index (χ1) is 10.1. The molecule has 1 aromatic carbocycles. The number of aromatic nitrogens is 1. The molecule has 0 radical (unpaired) electrons. The van der Waals surface area contributed by atoms with Gasteiger partial charge in [-0.05, 0) is 30.4 Å². The molecule has 0 aliphatic heterocycles. The summed E-state index contributed by atoms with van der Waals surface area (Å²) in [5, 5.41) is 3.89. The minimum absolute atomic E-state index is 0.133. The number of carbonyl (C=O) groups is 1. The monoisotopic (exact) mass is 283 g/mol. The van der Waals surface area contributed by atoms with Crippen molar-refractivity contribution in [1.82, 2.24) is 10.3 Å². The van der Waals surface area contributed by atoms with E-state index < -0.39 is 0 Å². The van der Waals surface area contributed by atoms with Gasteiger partial charge in [0, 0.05) is 17.6 Å². The summed E-state index contributed by atoms with van der Waals surface area (Å²) in [5.74, 6) is 1.15. The highest BCUT2D eigenvalue weighted by Crippen LogP contribution is 2.30. The Hall–Kier alpha value is -2.10. The molecule has 2 aromatic rings. The molecule has 4 nitrogen and oxygen atoms in total. The van der Waals surface area contributed by atoms with Gasteiger partial charge in [0.25, 0.3) is 5.91 Å². The van der Waals surface area contributed by atoms with E-state index >= 15 is 0 Å². The van der Waals surface area contributed by atoms with E-state index in [1.807, 2.05) is 24.3 Å². The third-order valence-electron chi connectivity index (χ3n) is 4.54. The molecule has 1 amide bonds. The first-order valence-electron chi connectivity index (χ1n) is 7.58. The van der Waals surface area contributed by atoms with Gasteiger partial charge in [-0.25, -0.2) is 4.98 Å². The Labute approximate surface area is 124 Å². The topological polar surface area (TPSA) is 68.0 Å². The molecule has 4 heteroatoms. The van der Waals surface area contributed by atoms with Crippen LogP contribution in [0.3, 0.4) is 0 Å². The Morgan fingerprint density at radius 3 is 2.95 bits per heavy atom. The zero-order valence-corrected chi connectivity index (χ0v) is 12.3. The van der Waals surface area contributed by atoms with E-state index in [-0.39, 0.29) is 5.91 Å². The molecule has 2 unspecified atom stereocenters. The number of fused-ring (bicyclic) bond motifs is 1. The smallest absolute Gasteiger partial charge is 0.269 e. The van der Waals surface area contributed by atoms with Crippen molar-refractivity contribution in [3.05, 3.63) is 36.0 Å². The molecule has 2 atom stereocenters. The van der Waals surface area contributed by atoms with Gasteiger partial charge in [0.2, 0.25) is 0 Å².